The molecule has 0 amide bonds. The number of rotatable bonds is 5. The molecule has 0 aromatic heterocycles. The number of β-amino-alcohol motifs (C(OH)–C–C–N with tert-alkyl or cyclic N) is 1. The van der Waals surface area contributed by atoms with Gasteiger partial charge in [-0.1, -0.05) is 6.92 Å². The SMILES string of the molecule is CCC1CN(C)CCCN1CC(O)COC. The molecule has 2 atom stereocenters. The van der Waals surface area contributed by atoms with Crippen molar-refractivity contribution in [3.63, 3.8) is 0 Å². The Hall–Kier alpha value is -0.160. The van der Waals surface area contributed by atoms with E-state index in [-0.39, 0.29) is 6.10 Å². The summed E-state index contributed by atoms with van der Waals surface area (Å²) in [6.45, 7) is 6.75. The van der Waals surface area contributed by atoms with Crippen LogP contribution in [0.3, 0.4) is 0 Å². The Kier molecular flexibility index (Phi) is 6.28. The second kappa shape index (κ2) is 7.22. The van der Waals surface area contributed by atoms with Gasteiger partial charge in [-0.15, -0.1) is 0 Å². The molecular weight excluding hydrogens is 204 g/mol. The van der Waals surface area contributed by atoms with Gasteiger partial charge in [0.15, 0.2) is 0 Å². The zero-order chi connectivity index (χ0) is 12.0. The van der Waals surface area contributed by atoms with Gasteiger partial charge in [-0.25, -0.2) is 0 Å². The first-order valence-electron chi connectivity index (χ1n) is 6.27. The number of likely N-dealkylation sites (N-methyl/N-ethyl adjacent to an activating group) is 1. The molecule has 1 aliphatic heterocycles. The lowest BCUT2D eigenvalue weighted by molar-refractivity contribution is 0.0265. The van der Waals surface area contributed by atoms with Crippen LogP contribution in [0.25, 0.3) is 0 Å². The average molecular weight is 230 g/mol. The molecule has 0 aromatic rings. The van der Waals surface area contributed by atoms with E-state index in [1.807, 2.05) is 0 Å². The van der Waals surface area contributed by atoms with E-state index >= 15 is 0 Å². The normalized spacial score (nSPS) is 26.6. The highest BCUT2D eigenvalue weighted by atomic mass is 16.5. The molecule has 0 radical (unpaired) electrons. The van der Waals surface area contributed by atoms with Crippen molar-refractivity contribution in [2.45, 2.75) is 31.9 Å². The van der Waals surface area contributed by atoms with Crippen molar-refractivity contribution in [1.82, 2.24) is 9.80 Å². The lowest BCUT2D eigenvalue weighted by atomic mass is 10.1. The first-order valence-corrected chi connectivity index (χ1v) is 6.27. The maximum Gasteiger partial charge on any atom is 0.0900 e. The molecule has 0 bridgehead atoms. The van der Waals surface area contributed by atoms with E-state index in [0.717, 1.165) is 32.6 Å². The smallest absolute Gasteiger partial charge is 0.0900 e. The Morgan fingerprint density at radius 3 is 2.81 bits per heavy atom. The minimum absolute atomic E-state index is 0.359. The predicted octanol–water partition coefficient (Wildman–Crippen LogP) is 0.410. The Morgan fingerprint density at radius 1 is 1.44 bits per heavy atom. The van der Waals surface area contributed by atoms with Crippen LogP contribution < -0.4 is 0 Å². The molecule has 1 saturated heterocycles. The summed E-state index contributed by atoms with van der Waals surface area (Å²) in [6.07, 6.45) is 1.97. The summed E-state index contributed by atoms with van der Waals surface area (Å²) >= 11 is 0. The van der Waals surface area contributed by atoms with Gasteiger partial charge in [0.25, 0.3) is 0 Å². The lowest BCUT2D eigenvalue weighted by Crippen LogP contribution is -2.44. The number of methoxy groups -OCH3 is 1. The summed E-state index contributed by atoms with van der Waals surface area (Å²) in [5.41, 5.74) is 0. The molecule has 1 fully saturated rings. The molecule has 4 heteroatoms. The number of hydrogen-bond acceptors (Lipinski definition) is 4. The van der Waals surface area contributed by atoms with Crippen molar-refractivity contribution in [2.24, 2.45) is 0 Å². The van der Waals surface area contributed by atoms with E-state index in [4.69, 9.17) is 4.74 Å². The van der Waals surface area contributed by atoms with Gasteiger partial charge in [0.1, 0.15) is 0 Å². The van der Waals surface area contributed by atoms with E-state index in [9.17, 15) is 5.11 Å². The molecule has 0 spiro atoms. The second-order valence-corrected chi connectivity index (χ2v) is 4.78. The topological polar surface area (TPSA) is 35.9 Å². The summed E-state index contributed by atoms with van der Waals surface area (Å²) in [5.74, 6) is 0. The molecule has 1 rings (SSSR count). The summed E-state index contributed by atoms with van der Waals surface area (Å²) in [4.78, 5) is 4.80. The van der Waals surface area contributed by atoms with Gasteiger partial charge in [0.2, 0.25) is 0 Å². The van der Waals surface area contributed by atoms with Crippen LogP contribution in [0.2, 0.25) is 0 Å². The minimum Gasteiger partial charge on any atom is -0.389 e. The standard InChI is InChI=1S/C12H26N2O2/c1-4-11-8-13(2)6-5-7-14(11)9-12(15)10-16-3/h11-12,15H,4-10H2,1-3H3. The Labute approximate surface area is 99.2 Å². The Morgan fingerprint density at radius 2 is 2.19 bits per heavy atom. The fourth-order valence-electron chi connectivity index (χ4n) is 2.44. The van der Waals surface area contributed by atoms with Gasteiger partial charge in [0, 0.05) is 26.2 Å². The molecule has 96 valence electrons. The van der Waals surface area contributed by atoms with Gasteiger partial charge < -0.3 is 14.7 Å². The van der Waals surface area contributed by atoms with E-state index in [0.29, 0.717) is 12.6 Å². The molecule has 0 saturated carbocycles. The van der Waals surface area contributed by atoms with Gasteiger partial charge in [-0.2, -0.15) is 0 Å². The van der Waals surface area contributed by atoms with Crippen LogP contribution in [0.1, 0.15) is 19.8 Å². The van der Waals surface area contributed by atoms with Gasteiger partial charge in [-0.3, -0.25) is 4.90 Å². The lowest BCUT2D eigenvalue weighted by Gasteiger charge is -2.31. The second-order valence-electron chi connectivity index (χ2n) is 4.78. The van der Waals surface area contributed by atoms with Crippen molar-refractivity contribution < 1.29 is 9.84 Å². The van der Waals surface area contributed by atoms with Gasteiger partial charge in [-0.05, 0) is 33.0 Å². The maximum absolute atomic E-state index is 9.79. The van der Waals surface area contributed by atoms with E-state index < -0.39 is 0 Å². The fourth-order valence-corrected chi connectivity index (χ4v) is 2.44. The van der Waals surface area contributed by atoms with Crippen LogP contribution in [-0.4, -0.2) is 74.0 Å². The molecule has 0 aromatic carbocycles. The van der Waals surface area contributed by atoms with E-state index in [1.165, 1.54) is 6.42 Å². The predicted molar refractivity (Wildman–Crippen MR) is 65.6 cm³/mol. The number of aliphatic hydroxyl groups is 1. The highest BCUT2D eigenvalue weighted by Crippen LogP contribution is 2.12. The first-order chi connectivity index (χ1) is 7.67. The third-order valence-corrected chi connectivity index (χ3v) is 3.30. The molecule has 16 heavy (non-hydrogen) atoms. The van der Waals surface area contributed by atoms with Crippen molar-refractivity contribution in [2.75, 3.05) is 46.9 Å². The van der Waals surface area contributed by atoms with Crippen LogP contribution in [-0.2, 0) is 4.74 Å². The summed E-state index contributed by atoms with van der Waals surface area (Å²) < 4.78 is 4.98. The van der Waals surface area contributed by atoms with Crippen LogP contribution in [0.5, 0.6) is 0 Å². The molecule has 1 heterocycles. The Balaban J connectivity index is 2.47. The number of aliphatic hydroxyl groups excluding tert-OH is 1. The van der Waals surface area contributed by atoms with Gasteiger partial charge >= 0.3 is 0 Å². The summed E-state index contributed by atoms with van der Waals surface area (Å²) in [7, 11) is 3.81. The molecule has 1 aliphatic rings. The number of hydrogen-bond donors (Lipinski definition) is 1. The third kappa shape index (κ3) is 4.37. The molecule has 0 aliphatic carbocycles. The maximum atomic E-state index is 9.79. The average Bonchev–Trinajstić information content (AvgIpc) is 2.41. The van der Waals surface area contributed by atoms with E-state index in [2.05, 4.69) is 23.8 Å². The van der Waals surface area contributed by atoms with Crippen LogP contribution in [0, 0.1) is 0 Å². The summed E-state index contributed by atoms with van der Waals surface area (Å²) in [5, 5.41) is 9.79. The van der Waals surface area contributed by atoms with Crippen molar-refractivity contribution >= 4 is 0 Å². The van der Waals surface area contributed by atoms with Crippen molar-refractivity contribution in [3.8, 4) is 0 Å². The van der Waals surface area contributed by atoms with Crippen molar-refractivity contribution in [3.05, 3.63) is 0 Å². The largest absolute Gasteiger partial charge is 0.389 e. The third-order valence-electron chi connectivity index (χ3n) is 3.30. The first kappa shape index (κ1) is 13.9. The van der Waals surface area contributed by atoms with Crippen LogP contribution >= 0.6 is 0 Å². The highest BCUT2D eigenvalue weighted by Gasteiger charge is 2.23. The monoisotopic (exact) mass is 230 g/mol. The number of ether oxygens (including phenoxy) is 1. The number of nitrogens with zero attached hydrogens (tertiary/aromatic N) is 2. The van der Waals surface area contributed by atoms with Gasteiger partial charge in [0.05, 0.1) is 12.7 Å². The summed E-state index contributed by atoms with van der Waals surface area (Å²) in [6, 6.07) is 0.569. The quantitative estimate of drug-likeness (QED) is 0.742. The molecular formula is C12H26N2O2. The van der Waals surface area contributed by atoms with Crippen LogP contribution in [0.15, 0.2) is 0 Å². The molecule has 1 N–H and O–H groups in total. The highest BCUT2D eigenvalue weighted by molar-refractivity contribution is 4.79. The molecule has 2 unspecified atom stereocenters. The fraction of sp³-hybridized carbons (Fsp3) is 1.00. The van der Waals surface area contributed by atoms with E-state index in [1.54, 1.807) is 7.11 Å². The zero-order valence-electron chi connectivity index (χ0n) is 10.9. The molecule has 4 nitrogen and oxygen atoms in total. The Bertz CT molecular complexity index is 190. The zero-order valence-corrected chi connectivity index (χ0v) is 10.9. The minimum atomic E-state index is -0.359. The van der Waals surface area contributed by atoms with Crippen molar-refractivity contribution in [1.29, 1.82) is 0 Å². The van der Waals surface area contributed by atoms with Crippen LogP contribution in [0.4, 0.5) is 0 Å².